The molecule has 0 unspecified atom stereocenters. The molecule has 5 heteroatoms. The molecule has 24 heavy (non-hydrogen) atoms. The van der Waals surface area contributed by atoms with Crippen molar-refractivity contribution in [3.8, 4) is 11.5 Å². The number of nitrogens with one attached hydrogen (secondary N) is 1. The summed E-state index contributed by atoms with van der Waals surface area (Å²) in [6, 6.07) is 16.2. The summed E-state index contributed by atoms with van der Waals surface area (Å²) in [6.07, 6.45) is 0. The average molecular weight is 342 g/mol. The first-order valence-corrected chi connectivity index (χ1v) is 7.72. The van der Waals surface area contributed by atoms with Crippen LogP contribution < -0.4 is 14.8 Å². The molecular weight excluding hydrogens is 326 g/mol. The summed E-state index contributed by atoms with van der Waals surface area (Å²) >= 11 is 6.01. The number of amides is 1. The van der Waals surface area contributed by atoms with Crippen LogP contribution in [-0.4, -0.2) is 20.1 Å². The van der Waals surface area contributed by atoms with E-state index in [-0.39, 0.29) is 5.91 Å². The Hall–Kier alpha value is -2.72. The van der Waals surface area contributed by atoms with Gasteiger partial charge in [0.2, 0.25) is 0 Å². The van der Waals surface area contributed by atoms with Crippen molar-refractivity contribution in [1.82, 2.24) is 0 Å². The van der Waals surface area contributed by atoms with Crippen LogP contribution in [0.15, 0.2) is 54.6 Å². The number of hydrogen-bond acceptors (Lipinski definition) is 3. The average Bonchev–Trinajstić information content (AvgIpc) is 2.61. The van der Waals surface area contributed by atoms with Crippen LogP contribution in [0, 0.1) is 0 Å². The van der Waals surface area contributed by atoms with Crippen LogP contribution in [-0.2, 0) is 0 Å². The summed E-state index contributed by atoms with van der Waals surface area (Å²) in [5.74, 6) is 1.03. The second-order valence-corrected chi connectivity index (χ2v) is 5.60. The fraction of sp³-hybridized carbons (Fsp3) is 0.105. The van der Waals surface area contributed by atoms with E-state index in [9.17, 15) is 4.79 Å². The van der Waals surface area contributed by atoms with Crippen LogP contribution in [0.25, 0.3) is 10.8 Å². The molecule has 0 aliphatic carbocycles. The third-order valence-electron chi connectivity index (χ3n) is 3.76. The summed E-state index contributed by atoms with van der Waals surface area (Å²) in [6.45, 7) is 0. The second kappa shape index (κ2) is 6.81. The smallest absolute Gasteiger partial charge is 0.256 e. The minimum absolute atomic E-state index is 0.241. The monoisotopic (exact) mass is 341 g/mol. The van der Waals surface area contributed by atoms with Gasteiger partial charge in [0.15, 0.2) is 0 Å². The summed E-state index contributed by atoms with van der Waals surface area (Å²) in [4.78, 5) is 12.8. The Labute approximate surface area is 145 Å². The fourth-order valence-corrected chi connectivity index (χ4v) is 2.79. The number of fused-ring (bicyclic) bond motifs is 1. The number of rotatable bonds is 4. The Morgan fingerprint density at radius 2 is 1.58 bits per heavy atom. The van der Waals surface area contributed by atoms with Gasteiger partial charge < -0.3 is 14.8 Å². The highest BCUT2D eigenvalue weighted by atomic mass is 35.5. The van der Waals surface area contributed by atoms with Gasteiger partial charge in [0.1, 0.15) is 11.5 Å². The molecule has 0 heterocycles. The van der Waals surface area contributed by atoms with Crippen molar-refractivity contribution < 1.29 is 14.3 Å². The van der Waals surface area contributed by atoms with Gasteiger partial charge in [-0.25, -0.2) is 0 Å². The van der Waals surface area contributed by atoms with Gasteiger partial charge in [0.25, 0.3) is 5.91 Å². The molecular formula is C19H16ClNO3. The predicted octanol–water partition coefficient (Wildman–Crippen LogP) is 4.76. The van der Waals surface area contributed by atoms with E-state index in [1.807, 2.05) is 24.3 Å². The topological polar surface area (TPSA) is 47.6 Å². The lowest BCUT2D eigenvalue weighted by molar-refractivity contribution is 0.102. The summed E-state index contributed by atoms with van der Waals surface area (Å²) < 4.78 is 10.6. The first-order valence-electron chi connectivity index (χ1n) is 7.34. The first kappa shape index (κ1) is 16.1. The van der Waals surface area contributed by atoms with Crippen molar-refractivity contribution >= 4 is 34.0 Å². The number of benzene rings is 3. The highest BCUT2D eigenvalue weighted by Crippen LogP contribution is 2.31. The maximum Gasteiger partial charge on any atom is 0.256 e. The number of halogens is 1. The number of ether oxygens (including phenoxy) is 2. The molecule has 0 saturated carbocycles. The van der Waals surface area contributed by atoms with E-state index in [0.717, 1.165) is 16.5 Å². The summed E-state index contributed by atoms with van der Waals surface area (Å²) in [5, 5.41) is 5.07. The van der Waals surface area contributed by atoms with E-state index in [0.29, 0.717) is 22.0 Å². The van der Waals surface area contributed by atoms with Crippen LogP contribution in [0.5, 0.6) is 11.5 Å². The second-order valence-electron chi connectivity index (χ2n) is 5.16. The van der Waals surface area contributed by atoms with Crippen molar-refractivity contribution in [2.75, 3.05) is 19.5 Å². The number of carbonyl (C=O) groups is 1. The highest BCUT2D eigenvalue weighted by molar-refractivity contribution is 6.31. The van der Waals surface area contributed by atoms with Crippen molar-refractivity contribution in [3.63, 3.8) is 0 Å². The van der Waals surface area contributed by atoms with Gasteiger partial charge in [-0.05, 0) is 35.7 Å². The maximum absolute atomic E-state index is 12.8. The maximum atomic E-state index is 12.8. The Kier molecular flexibility index (Phi) is 4.58. The quantitative estimate of drug-likeness (QED) is 0.744. The fourth-order valence-electron chi connectivity index (χ4n) is 2.61. The molecule has 3 rings (SSSR count). The molecule has 4 nitrogen and oxygen atoms in total. The van der Waals surface area contributed by atoms with E-state index in [4.69, 9.17) is 21.1 Å². The normalized spacial score (nSPS) is 10.5. The molecule has 0 radical (unpaired) electrons. The molecule has 0 aliphatic heterocycles. The zero-order valence-corrected chi connectivity index (χ0v) is 14.1. The zero-order valence-electron chi connectivity index (χ0n) is 13.3. The predicted molar refractivity (Wildman–Crippen MR) is 96.5 cm³/mol. The van der Waals surface area contributed by atoms with Gasteiger partial charge in [-0.15, -0.1) is 0 Å². The molecule has 3 aromatic carbocycles. The highest BCUT2D eigenvalue weighted by Gasteiger charge is 2.15. The van der Waals surface area contributed by atoms with E-state index in [2.05, 4.69) is 5.32 Å². The van der Waals surface area contributed by atoms with Gasteiger partial charge in [0, 0.05) is 16.0 Å². The number of anilines is 1. The molecule has 0 atom stereocenters. The first-order chi connectivity index (χ1) is 11.6. The number of hydrogen-bond donors (Lipinski definition) is 1. The van der Waals surface area contributed by atoms with Gasteiger partial charge in [-0.1, -0.05) is 35.9 Å². The molecule has 0 fully saturated rings. The standard InChI is InChI=1S/C19H16ClNO3/c1-23-17-10-8-15(13-5-3-4-6-14(13)17)19(22)21-16-11-12(20)7-9-18(16)24-2/h3-11H,1-2H3,(H,21,22). The lowest BCUT2D eigenvalue weighted by Crippen LogP contribution is -2.13. The van der Waals surface area contributed by atoms with E-state index >= 15 is 0 Å². The molecule has 1 N–H and O–H groups in total. The Morgan fingerprint density at radius 1 is 0.917 bits per heavy atom. The minimum atomic E-state index is -0.241. The summed E-state index contributed by atoms with van der Waals surface area (Å²) in [7, 11) is 3.15. The molecule has 3 aromatic rings. The van der Waals surface area contributed by atoms with Crippen molar-refractivity contribution in [2.24, 2.45) is 0 Å². The van der Waals surface area contributed by atoms with Gasteiger partial charge >= 0.3 is 0 Å². The molecule has 0 spiro atoms. The van der Waals surface area contributed by atoms with Gasteiger partial charge in [-0.3, -0.25) is 4.79 Å². The van der Waals surface area contributed by atoms with Crippen molar-refractivity contribution in [3.05, 3.63) is 65.2 Å². The SMILES string of the molecule is COc1ccc(Cl)cc1NC(=O)c1ccc(OC)c2ccccc12. The zero-order chi connectivity index (χ0) is 17.1. The van der Waals surface area contributed by atoms with Crippen LogP contribution in [0.1, 0.15) is 10.4 Å². The van der Waals surface area contributed by atoms with Crippen LogP contribution in [0.4, 0.5) is 5.69 Å². The Bertz CT molecular complexity index is 908. The number of methoxy groups -OCH3 is 2. The molecule has 0 aromatic heterocycles. The van der Waals surface area contributed by atoms with Gasteiger partial charge in [0.05, 0.1) is 19.9 Å². The summed E-state index contributed by atoms with van der Waals surface area (Å²) in [5.41, 5.74) is 1.07. The molecule has 1 amide bonds. The largest absolute Gasteiger partial charge is 0.496 e. The Morgan fingerprint density at radius 3 is 2.29 bits per heavy atom. The van der Waals surface area contributed by atoms with E-state index < -0.39 is 0 Å². The Balaban J connectivity index is 2.03. The molecule has 122 valence electrons. The van der Waals surface area contributed by atoms with Crippen molar-refractivity contribution in [2.45, 2.75) is 0 Å². The lowest BCUT2D eigenvalue weighted by atomic mass is 10.0. The van der Waals surface area contributed by atoms with Gasteiger partial charge in [-0.2, -0.15) is 0 Å². The van der Waals surface area contributed by atoms with Crippen molar-refractivity contribution in [1.29, 1.82) is 0 Å². The molecule has 0 aliphatic rings. The minimum Gasteiger partial charge on any atom is -0.496 e. The van der Waals surface area contributed by atoms with Crippen LogP contribution in [0.3, 0.4) is 0 Å². The van der Waals surface area contributed by atoms with E-state index in [1.54, 1.807) is 44.6 Å². The number of carbonyl (C=O) groups excluding carboxylic acids is 1. The lowest BCUT2D eigenvalue weighted by Gasteiger charge is -2.13. The third-order valence-corrected chi connectivity index (χ3v) is 3.99. The molecule has 0 saturated heterocycles. The van der Waals surface area contributed by atoms with E-state index in [1.165, 1.54) is 0 Å². The van der Waals surface area contributed by atoms with Crippen LogP contribution in [0.2, 0.25) is 5.02 Å². The molecule has 0 bridgehead atoms. The third kappa shape index (κ3) is 3.01. The van der Waals surface area contributed by atoms with Crippen LogP contribution >= 0.6 is 11.6 Å².